The fraction of sp³-hybridized carbons (Fsp3) is 0.0833. The van der Waals surface area contributed by atoms with Gasteiger partial charge in [0, 0.05) is 12.4 Å². The predicted molar refractivity (Wildman–Crippen MR) is 124 cm³/mol. The SMILES string of the molecule is CNC(=O)c1nc(C[P+](c2ccccc2)(c2ccccc2)c2ccccc2)cs1.[Cl-]. The molecule has 0 aliphatic heterocycles. The average Bonchev–Trinajstić information content (AvgIpc) is 3.27. The lowest BCUT2D eigenvalue weighted by Gasteiger charge is -2.27. The van der Waals surface area contributed by atoms with Gasteiger partial charge in [-0.3, -0.25) is 4.79 Å². The molecular formula is C24H22ClN2OPS. The van der Waals surface area contributed by atoms with Crippen LogP contribution in [0, 0.1) is 0 Å². The van der Waals surface area contributed by atoms with Crippen molar-refractivity contribution < 1.29 is 17.2 Å². The highest BCUT2D eigenvalue weighted by atomic mass is 35.5. The number of hydrogen-bond donors (Lipinski definition) is 1. The standard InChI is InChI=1S/C24H21N2OPS.ClH/c1-25-23(27)24-26-19(18-29-24)17-28(20-11-5-2-6-12-20,21-13-7-3-8-14-21)22-15-9-4-10-16-22;/h2-16,18H,17H2,1H3;1H. The minimum Gasteiger partial charge on any atom is -1.00 e. The first-order chi connectivity index (χ1) is 14.2. The van der Waals surface area contributed by atoms with Crippen LogP contribution in [-0.4, -0.2) is 17.9 Å². The van der Waals surface area contributed by atoms with Gasteiger partial charge in [0.25, 0.3) is 5.91 Å². The number of aromatic nitrogens is 1. The molecule has 0 unspecified atom stereocenters. The Bertz CT molecular complexity index is 991. The molecule has 152 valence electrons. The molecule has 1 amide bonds. The van der Waals surface area contributed by atoms with E-state index >= 15 is 0 Å². The molecule has 3 aromatic carbocycles. The molecule has 0 saturated carbocycles. The maximum Gasteiger partial charge on any atom is 0.280 e. The quantitative estimate of drug-likeness (QED) is 0.443. The molecule has 0 aliphatic rings. The van der Waals surface area contributed by atoms with Crippen LogP contribution in [0.2, 0.25) is 0 Å². The number of carbonyl (C=O) groups is 1. The normalized spacial score (nSPS) is 10.8. The fourth-order valence-electron chi connectivity index (χ4n) is 3.60. The smallest absolute Gasteiger partial charge is 0.280 e. The Morgan fingerprint density at radius 1 is 0.833 bits per heavy atom. The van der Waals surface area contributed by atoms with Crippen molar-refractivity contribution in [1.82, 2.24) is 10.3 Å². The summed E-state index contributed by atoms with van der Waals surface area (Å²) < 4.78 is 0. The number of nitrogens with zero attached hydrogens (tertiary/aromatic N) is 1. The van der Waals surface area contributed by atoms with E-state index in [1.54, 1.807) is 7.05 Å². The number of carbonyl (C=O) groups excluding carboxylic acids is 1. The van der Waals surface area contributed by atoms with Crippen LogP contribution in [0.3, 0.4) is 0 Å². The fourth-order valence-corrected chi connectivity index (χ4v) is 8.62. The van der Waals surface area contributed by atoms with Gasteiger partial charge in [0.15, 0.2) is 5.01 Å². The van der Waals surface area contributed by atoms with Gasteiger partial charge in [-0.2, -0.15) is 0 Å². The topological polar surface area (TPSA) is 42.0 Å². The first kappa shape index (κ1) is 22.2. The van der Waals surface area contributed by atoms with E-state index in [2.05, 4.69) is 101 Å². The third kappa shape index (κ3) is 4.32. The van der Waals surface area contributed by atoms with Crippen molar-refractivity contribution in [3.63, 3.8) is 0 Å². The van der Waals surface area contributed by atoms with Crippen molar-refractivity contribution in [3.8, 4) is 0 Å². The van der Waals surface area contributed by atoms with E-state index in [1.165, 1.54) is 27.3 Å². The van der Waals surface area contributed by atoms with Crippen molar-refractivity contribution in [2.45, 2.75) is 6.16 Å². The van der Waals surface area contributed by atoms with Crippen LogP contribution in [0.5, 0.6) is 0 Å². The summed E-state index contributed by atoms with van der Waals surface area (Å²) in [4.78, 5) is 16.7. The lowest BCUT2D eigenvalue weighted by atomic mass is 10.4. The number of thiazole rings is 1. The minimum absolute atomic E-state index is 0. The van der Waals surface area contributed by atoms with Gasteiger partial charge < -0.3 is 17.7 Å². The molecule has 0 fully saturated rings. The van der Waals surface area contributed by atoms with E-state index in [0.29, 0.717) is 5.01 Å². The summed E-state index contributed by atoms with van der Waals surface area (Å²) in [5, 5.41) is 9.14. The third-order valence-corrected chi connectivity index (χ3v) is 10.2. The van der Waals surface area contributed by atoms with Gasteiger partial charge in [0.1, 0.15) is 29.3 Å². The van der Waals surface area contributed by atoms with Crippen molar-refractivity contribution in [2.24, 2.45) is 0 Å². The van der Waals surface area contributed by atoms with Gasteiger partial charge in [0.2, 0.25) is 0 Å². The maximum atomic E-state index is 12.0. The average molecular weight is 453 g/mol. The molecule has 3 nitrogen and oxygen atoms in total. The Labute approximate surface area is 188 Å². The zero-order chi connectivity index (χ0) is 20.1. The van der Waals surface area contributed by atoms with Gasteiger partial charge in [-0.25, -0.2) is 4.98 Å². The number of benzene rings is 3. The molecule has 30 heavy (non-hydrogen) atoms. The molecule has 0 saturated heterocycles. The van der Waals surface area contributed by atoms with Crippen LogP contribution < -0.4 is 33.6 Å². The Morgan fingerprint density at radius 3 is 1.67 bits per heavy atom. The van der Waals surface area contributed by atoms with E-state index in [-0.39, 0.29) is 18.3 Å². The van der Waals surface area contributed by atoms with E-state index in [4.69, 9.17) is 0 Å². The minimum atomic E-state index is -1.99. The summed E-state index contributed by atoms with van der Waals surface area (Å²) in [6.07, 6.45) is 0.776. The third-order valence-electron chi connectivity index (χ3n) is 4.96. The van der Waals surface area contributed by atoms with Gasteiger partial charge in [0.05, 0.1) is 5.69 Å². The van der Waals surface area contributed by atoms with Crippen molar-refractivity contribution in [2.75, 3.05) is 7.05 Å². The second-order valence-electron chi connectivity index (χ2n) is 6.70. The Morgan fingerprint density at radius 2 is 1.27 bits per heavy atom. The maximum absolute atomic E-state index is 12.0. The first-order valence-electron chi connectivity index (χ1n) is 9.45. The number of hydrogen-bond acceptors (Lipinski definition) is 3. The van der Waals surface area contributed by atoms with E-state index < -0.39 is 7.26 Å². The largest absolute Gasteiger partial charge is 1.00 e. The highest BCUT2D eigenvalue weighted by Crippen LogP contribution is 2.58. The molecule has 4 aromatic rings. The molecule has 0 spiro atoms. The molecule has 0 bridgehead atoms. The summed E-state index contributed by atoms with van der Waals surface area (Å²) in [5.74, 6) is -0.135. The molecule has 0 atom stereocenters. The van der Waals surface area contributed by atoms with Crippen LogP contribution in [-0.2, 0) is 6.16 Å². The van der Waals surface area contributed by atoms with Crippen LogP contribution in [0.15, 0.2) is 96.4 Å². The van der Waals surface area contributed by atoms with Gasteiger partial charge >= 0.3 is 0 Å². The summed E-state index contributed by atoms with van der Waals surface area (Å²) in [7, 11) is -0.351. The highest BCUT2D eigenvalue weighted by Gasteiger charge is 2.46. The van der Waals surface area contributed by atoms with Gasteiger partial charge in [-0.15, -0.1) is 11.3 Å². The molecule has 1 heterocycles. The lowest BCUT2D eigenvalue weighted by Crippen LogP contribution is -3.00. The zero-order valence-corrected chi connectivity index (χ0v) is 19.0. The van der Waals surface area contributed by atoms with Crippen LogP contribution in [0.1, 0.15) is 15.5 Å². The second-order valence-corrected chi connectivity index (χ2v) is 11.0. The van der Waals surface area contributed by atoms with Gasteiger partial charge in [-0.1, -0.05) is 54.6 Å². The number of amides is 1. The Hall–Kier alpha value is -2.52. The lowest BCUT2D eigenvalue weighted by molar-refractivity contribution is -0.0000138. The van der Waals surface area contributed by atoms with Crippen LogP contribution in [0.25, 0.3) is 0 Å². The van der Waals surface area contributed by atoms with Crippen molar-refractivity contribution >= 4 is 40.4 Å². The zero-order valence-electron chi connectivity index (χ0n) is 16.5. The molecule has 6 heteroatoms. The van der Waals surface area contributed by atoms with E-state index in [0.717, 1.165) is 11.9 Å². The molecule has 0 radical (unpaired) electrons. The molecular weight excluding hydrogens is 431 g/mol. The van der Waals surface area contributed by atoms with Gasteiger partial charge in [-0.05, 0) is 36.4 Å². The Kier molecular flexibility index (Phi) is 7.38. The first-order valence-corrected chi connectivity index (χ1v) is 12.3. The van der Waals surface area contributed by atoms with E-state index in [1.807, 2.05) is 5.38 Å². The van der Waals surface area contributed by atoms with Crippen molar-refractivity contribution in [3.05, 3.63) is 107 Å². The van der Waals surface area contributed by atoms with E-state index in [9.17, 15) is 4.79 Å². The number of halogens is 1. The number of rotatable bonds is 6. The predicted octanol–water partition coefficient (Wildman–Crippen LogP) is 1.00. The Balaban J connectivity index is 0.00000256. The summed E-state index contributed by atoms with van der Waals surface area (Å²) in [6, 6.07) is 32.1. The highest BCUT2D eigenvalue weighted by molar-refractivity contribution is 7.95. The molecule has 0 aliphatic carbocycles. The van der Waals surface area contributed by atoms with Crippen LogP contribution >= 0.6 is 18.6 Å². The summed E-state index contributed by atoms with van der Waals surface area (Å²) in [5.41, 5.74) is 0.957. The molecule has 1 aromatic heterocycles. The molecule has 4 rings (SSSR count). The summed E-state index contributed by atoms with van der Waals surface area (Å²) >= 11 is 1.40. The molecule has 1 N–H and O–H groups in total. The second kappa shape index (κ2) is 9.99. The number of nitrogens with one attached hydrogen (secondary N) is 1. The van der Waals surface area contributed by atoms with Crippen molar-refractivity contribution in [1.29, 1.82) is 0 Å². The van der Waals surface area contributed by atoms with Crippen LogP contribution in [0.4, 0.5) is 0 Å². The summed E-state index contributed by atoms with van der Waals surface area (Å²) in [6.45, 7) is 0. The monoisotopic (exact) mass is 452 g/mol.